The number of piperazine rings is 1. The second kappa shape index (κ2) is 7.23. The highest BCUT2D eigenvalue weighted by molar-refractivity contribution is 7.99. The molecule has 122 valence electrons. The topological polar surface area (TPSA) is 15.3 Å². The number of nitrogens with zero attached hydrogens (tertiary/aromatic N) is 1. The van der Waals surface area contributed by atoms with Gasteiger partial charge in [-0.1, -0.05) is 39.0 Å². The first-order valence-electron chi connectivity index (χ1n) is 9.37. The molecule has 2 saturated carbocycles. The van der Waals surface area contributed by atoms with Crippen LogP contribution < -0.4 is 5.32 Å². The highest BCUT2D eigenvalue weighted by Crippen LogP contribution is 2.41. The molecule has 0 aromatic rings. The van der Waals surface area contributed by atoms with E-state index in [0.717, 1.165) is 0 Å². The fourth-order valence-electron chi connectivity index (χ4n) is 4.96. The lowest BCUT2D eigenvalue weighted by molar-refractivity contribution is -0.0173. The fourth-order valence-corrected chi connectivity index (χ4v) is 5.58. The number of nitrogens with one attached hydrogen (secondary N) is 1. The first-order chi connectivity index (χ1) is 10.3. The molecule has 3 heteroatoms. The van der Waals surface area contributed by atoms with Gasteiger partial charge in [-0.2, -0.15) is 11.8 Å². The number of hydrogen-bond donors (Lipinski definition) is 1. The average Bonchev–Trinajstić information content (AvgIpc) is 2.97. The summed E-state index contributed by atoms with van der Waals surface area (Å²) in [6.45, 7) is 6.24. The third kappa shape index (κ3) is 3.61. The molecule has 0 radical (unpaired) electrons. The van der Waals surface area contributed by atoms with Crippen molar-refractivity contribution in [3.8, 4) is 0 Å². The van der Waals surface area contributed by atoms with Crippen molar-refractivity contribution in [2.24, 2.45) is 0 Å². The van der Waals surface area contributed by atoms with Crippen LogP contribution in [-0.4, -0.2) is 47.1 Å². The third-order valence-electron chi connectivity index (χ3n) is 6.22. The van der Waals surface area contributed by atoms with Crippen LogP contribution in [0.25, 0.3) is 0 Å². The van der Waals surface area contributed by atoms with Gasteiger partial charge in [0.15, 0.2) is 0 Å². The minimum Gasteiger partial charge on any atom is -0.308 e. The molecule has 1 saturated heterocycles. The lowest BCUT2D eigenvalue weighted by Crippen LogP contribution is -2.69. The second-order valence-corrected chi connectivity index (χ2v) is 8.99. The van der Waals surface area contributed by atoms with Crippen molar-refractivity contribution >= 4 is 11.8 Å². The molecular weight excluding hydrogens is 276 g/mol. The standard InChI is InChI=1S/C18H34N2S/c1-2-21-14-8-13-20-16-17(9-6-7-10-17)19-15-18(20)11-4-3-5-12-18/h19H,2-16H2,1H3. The van der Waals surface area contributed by atoms with Crippen molar-refractivity contribution < 1.29 is 0 Å². The van der Waals surface area contributed by atoms with Gasteiger partial charge in [-0.25, -0.2) is 0 Å². The number of thioether (sulfide) groups is 1. The first-order valence-corrected chi connectivity index (χ1v) is 10.5. The van der Waals surface area contributed by atoms with Crippen molar-refractivity contribution in [3.63, 3.8) is 0 Å². The zero-order valence-electron chi connectivity index (χ0n) is 14.0. The van der Waals surface area contributed by atoms with Gasteiger partial charge in [-0.15, -0.1) is 0 Å². The van der Waals surface area contributed by atoms with Crippen molar-refractivity contribution in [2.45, 2.75) is 82.2 Å². The Kier molecular flexibility index (Phi) is 5.55. The molecule has 3 aliphatic rings. The summed E-state index contributed by atoms with van der Waals surface area (Å²) in [4.78, 5) is 2.95. The van der Waals surface area contributed by atoms with Gasteiger partial charge in [0, 0.05) is 24.2 Å². The maximum atomic E-state index is 4.04. The minimum atomic E-state index is 0.487. The minimum absolute atomic E-state index is 0.487. The van der Waals surface area contributed by atoms with Gasteiger partial charge < -0.3 is 5.32 Å². The van der Waals surface area contributed by atoms with Crippen LogP contribution in [0, 0.1) is 0 Å². The predicted octanol–water partition coefficient (Wildman–Crippen LogP) is 4.05. The van der Waals surface area contributed by atoms with Crippen molar-refractivity contribution in [1.82, 2.24) is 10.2 Å². The van der Waals surface area contributed by atoms with E-state index in [1.807, 2.05) is 0 Å². The molecule has 3 rings (SSSR count). The Labute approximate surface area is 135 Å². The van der Waals surface area contributed by atoms with Crippen molar-refractivity contribution in [1.29, 1.82) is 0 Å². The van der Waals surface area contributed by atoms with Gasteiger partial charge in [0.2, 0.25) is 0 Å². The first kappa shape index (κ1) is 16.1. The van der Waals surface area contributed by atoms with Crippen LogP contribution in [0.15, 0.2) is 0 Å². The molecule has 0 aromatic carbocycles. The third-order valence-corrected chi connectivity index (χ3v) is 7.21. The predicted molar refractivity (Wildman–Crippen MR) is 94.2 cm³/mol. The maximum Gasteiger partial charge on any atom is 0.0334 e. The summed E-state index contributed by atoms with van der Waals surface area (Å²) >= 11 is 2.11. The summed E-state index contributed by atoms with van der Waals surface area (Å²) in [5.41, 5.74) is 1.00. The molecule has 1 heterocycles. The summed E-state index contributed by atoms with van der Waals surface area (Å²) < 4.78 is 0. The molecule has 2 aliphatic carbocycles. The summed E-state index contributed by atoms with van der Waals surface area (Å²) in [6, 6.07) is 0. The largest absolute Gasteiger partial charge is 0.308 e. The molecule has 2 nitrogen and oxygen atoms in total. The number of rotatable bonds is 5. The molecule has 0 bridgehead atoms. The smallest absolute Gasteiger partial charge is 0.0334 e. The molecule has 3 fully saturated rings. The van der Waals surface area contributed by atoms with E-state index in [4.69, 9.17) is 0 Å². The molecule has 1 aliphatic heterocycles. The average molecular weight is 311 g/mol. The number of hydrogen-bond acceptors (Lipinski definition) is 3. The van der Waals surface area contributed by atoms with Crippen LogP contribution in [0.3, 0.4) is 0 Å². The normalized spacial score (nSPS) is 28.4. The highest BCUT2D eigenvalue weighted by atomic mass is 32.2. The fraction of sp³-hybridized carbons (Fsp3) is 1.00. The zero-order chi connectivity index (χ0) is 14.6. The van der Waals surface area contributed by atoms with Gasteiger partial charge in [-0.3, -0.25) is 4.90 Å². The Balaban J connectivity index is 1.64. The van der Waals surface area contributed by atoms with Gasteiger partial charge in [0.05, 0.1) is 0 Å². The van der Waals surface area contributed by atoms with E-state index >= 15 is 0 Å². The van der Waals surface area contributed by atoms with E-state index in [2.05, 4.69) is 28.9 Å². The molecule has 2 spiro atoms. The van der Waals surface area contributed by atoms with E-state index < -0.39 is 0 Å². The summed E-state index contributed by atoms with van der Waals surface area (Å²) in [5.74, 6) is 2.63. The molecule has 0 aromatic heterocycles. The molecule has 21 heavy (non-hydrogen) atoms. The van der Waals surface area contributed by atoms with E-state index in [-0.39, 0.29) is 0 Å². The van der Waals surface area contributed by atoms with Crippen molar-refractivity contribution in [2.75, 3.05) is 31.1 Å². The quantitative estimate of drug-likeness (QED) is 0.771. The van der Waals surface area contributed by atoms with Crippen LogP contribution in [-0.2, 0) is 0 Å². The summed E-state index contributed by atoms with van der Waals surface area (Å²) in [5, 5.41) is 4.04. The second-order valence-electron chi connectivity index (χ2n) is 7.60. The lowest BCUT2D eigenvalue weighted by Gasteiger charge is -2.55. The summed E-state index contributed by atoms with van der Waals surface area (Å²) in [7, 11) is 0. The van der Waals surface area contributed by atoms with E-state index in [1.165, 1.54) is 95.3 Å². The SMILES string of the molecule is CCSCCCN1CC2(CCCC2)NCC12CCCCC2. The molecular formula is C18H34N2S. The van der Waals surface area contributed by atoms with E-state index in [0.29, 0.717) is 11.1 Å². The van der Waals surface area contributed by atoms with Gasteiger partial charge in [0.1, 0.15) is 0 Å². The molecule has 0 amide bonds. The molecule has 1 N–H and O–H groups in total. The Hall–Kier alpha value is 0.270. The Morgan fingerprint density at radius 2 is 1.71 bits per heavy atom. The lowest BCUT2D eigenvalue weighted by atomic mass is 9.76. The highest BCUT2D eigenvalue weighted by Gasteiger charge is 2.48. The van der Waals surface area contributed by atoms with E-state index in [1.54, 1.807) is 0 Å². The Bertz CT molecular complexity index is 319. The Morgan fingerprint density at radius 3 is 2.43 bits per heavy atom. The molecule has 0 atom stereocenters. The maximum absolute atomic E-state index is 4.04. The van der Waals surface area contributed by atoms with Crippen LogP contribution in [0.4, 0.5) is 0 Å². The summed E-state index contributed by atoms with van der Waals surface area (Å²) in [6.07, 6.45) is 14.4. The monoisotopic (exact) mass is 310 g/mol. The van der Waals surface area contributed by atoms with Gasteiger partial charge >= 0.3 is 0 Å². The van der Waals surface area contributed by atoms with E-state index in [9.17, 15) is 0 Å². The molecule has 0 unspecified atom stereocenters. The van der Waals surface area contributed by atoms with Crippen LogP contribution >= 0.6 is 11.8 Å². The van der Waals surface area contributed by atoms with Crippen LogP contribution in [0.5, 0.6) is 0 Å². The van der Waals surface area contributed by atoms with Crippen LogP contribution in [0.2, 0.25) is 0 Å². The van der Waals surface area contributed by atoms with Crippen LogP contribution in [0.1, 0.15) is 71.1 Å². The van der Waals surface area contributed by atoms with Gasteiger partial charge in [-0.05, 0) is 50.2 Å². The van der Waals surface area contributed by atoms with Crippen molar-refractivity contribution in [3.05, 3.63) is 0 Å². The Morgan fingerprint density at radius 1 is 1.00 bits per heavy atom. The zero-order valence-corrected chi connectivity index (χ0v) is 14.8. The van der Waals surface area contributed by atoms with Gasteiger partial charge in [0.25, 0.3) is 0 Å².